The van der Waals surface area contributed by atoms with Gasteiger partial charge in [0, 0.05) is 44.6 Å². The molecule has 0 aromatic heterocycles. The third-order valence-electron chi connectivity index (χ3n) is 6.27. The van der Waals surface area contributed by atoms with Crippen molar-refractivity contribution in [2.24, 2.45) is 0 Å². The summed E-state index contributed by atoms with van der Waals surface area (Å²) < 4.78 is 6.50. The zero-order valence-corrected chi connectivity index (χ0v) is 22.4. The van der Waals surface area contributed by atoms with Crippen molar-refractivity contribution in [3.8, 4) is 0 Å². The fourth-order valence-corrected chi connectivity index (χ4v) is 5.85. The highest BCUT2D eigenvalue weighted by Crippen LogP contribution is 2.47. The van der Waals surface area contributed by atoms with Gasteiger partial charge in [-0.05, 0) is 54.3 Å². The molecule has 1 heterocycles. The number of halogens is 2. The molecule has 0 bridgehead atoms. The Morgan fingerprint density at radius 3 is 2.62 bits per heavy atom. The normalized spacial score (nSPS) is 20.2. The van der Waals surface area contributed by atoms with Crippen LogP contribution in [0.2, 0.25) is 5.02 Å². The zero-order chi connectivity index (χ0) is 24.2. The summed E-state index contributed by atoms with van der Waals surface area (Å²) in [4.78, 5) is 26.9. The third-order valence-corrected chi connectivity index (χ3v) is 8.11. The number of ether oxygens (including phenoxy) is 1. The maximum absolute atomic E-state index is 13.6. The second kappa shape index (κ2) is 11.1. The molecule has 2 atom stereocenters. The Bertz CT molecular complexity index is 1160. The third kappa shape index (κ3) is 5.29. The Labute approximate surface area is 218 Å². The molecule has 2 aromatic rings. The van der Waals surface area contributed by atoms with E-state index in [-0.39, 0.29) is 17.7 Å². The molecule has 0 spiro atoms. The van der Waals surface area contributed by atoms with Crippen LogP contribution >= 0.6 is 39.3 Å². The number of carbonyl (C=O) groups excluding carboxylic acids is 2. The van der Waals surface area contributed by atoms with E-state index in [2.05, 4.69) is 28.2 Å². The lowest BCUT2D eigenvalue weighted by Gasteiger charge is -2.37. The quantitative estimate of drug-likeness (QED) is 0.299. The number of esters is 1. The van der Waals surface area contributed by atoms with Crippen molar-refractivity contribution in [1.29, 1.82) is 0 Å². The summed E-state index contributed by atoms with van der Waals surface area (Å²) in [6, 6.07) is 15.5. The Balaban J connectivity index is 1.72. The number of rotatable bonds is 7. The number of allylic oxidation sites excluding steroid dienone is 3. The smallest absolute Gasteiger partial charge is 0.336 e. The molecule has 1 aliphatic heterocycles. The molecule has 34 heavy (non-hydrogen) atoms. The van der Waals surface area contributed by atoms with Crippen LogP contribution in [0.5, 0.6) is 0 Å². The molecule has 0 radical (unpaired) electrons. The van der Waals surface area contributed by atoms with Crippen LogP contribution in [0.15, 0.2) is 75.5 Å². The average molecular weight is 561 g/mol. The van der Waals surface area contributed by atoms with Crippen LogP contribution in [0.4, 0.5) is 0 Å². The standard InChI is InChI=1S/C27H27BrClNO3S/c1-3-34-13-12-33-27(32)24-16(2)30-22-14-18(17-8-10-19(29)11-9-17)15-23(31)26(22)25(24)20-6-4-5-7-21(20)28/h4-11,18,25,30H,3,12-15H2,1-2H3. The van der Waals surface area contributed by atoms with E-state index in [1.165, 1.54) is 0 Å². The number of nitrogens with one attached hydrogen (secondary N) is 1. The minimum Gasteiger partial charge on any atom is -0.461 e. The SMILES string of the molecule is CCSCCOC(=O)C1=C(C)NC2=C(C(=O)CC(c3ccc(Cl)cc3)C2)C1c1ccccc1Br. The lowest BCUT2D eigenvalue weighted by atomic mass is 9.72. The van der Waals surface area contributed by atoms with Gasteiger partial charge in [0.15, 0.2) is 5.78 Å². The molecule has 2 aliphatic rings. The van der Waals surface area contributed by atoms with Crippen LogP contribution in [0.25, 0.3) is 0 Å². The van der Waals surface area contributed by atoms with Gasteiger partial charge < -0.3 is 10.1 Å². The van der Waals surface area contributed by atoms with Gasteiger partial charge in [-0.25, -0.2) is 4.79 Å². The monoisotopic (exact) mass is 559 g/mol. The van der Waals surface area contributed by atoms with Crippen LogP contribution in [0.1, 0.15) is 49.7 Å². The van der Waals surface area contributed by atoms with E-state index in [4.69, 9.17) is 16.3 Å². The maximum Gasteiger partial charge on any atom is 0.336 e. The van der Waals surface area contributed by atoms with E-state index in [0.717, 1.165) is 38.5 Å². The summed E-state index contributed by atoms with van der Waals surface area (Å²) in [6.45, 7) is 4.31. The van der Waals surface area contributed by atoms with Crippen LogP contribution in [0.3, 0.4) is 0 Å². The molecule has 0 fully saturated rings. The number of benzene rings is 2. The summed E-state index contributed by atoms with van der Waals surface area (Å²) in [7, 11) is 0. The molecule has 0 amide bonds. The first-order valence-electron chi connectivity index (χ1n) is 11.4. The van der Waals surface area contributed by atoms with Gasteiger partial charge in [-0.15, -0.1) is 0 Å². The predicted octanol–water partition coefficient (Wildman–Crippen LogP) is 6.76. The molecule has 0 saturated heterocycles. The first kappa shape index (κ1) is 25.1. The molecule has 0 saturated carbocycles. The highest BCUT2D eigenvalue weighted by molar-refractivity contribution is 9.10. The van der Waals surface area contributed by atoms with Gasteiger partial charge in [0.2, 0.25) is 0 Å². The van der Waals surface area contributed by atoms with E-state index in [1.807, 2.05) is 55.5 Å². The van der Waals surface area contributed by atoms with Gasteiger partial charge in [0.05, 0.1) is 5.57 Å². The van der Waals surface area contributed by atoms with E-state index in [0.29, 0.717) is 35.6 Å². The molecule has 7 heteroatoms. The van der Waals surface area contributed by atoms with Crippen molar-refractivity contribution < 1.29 is 14.3 Å². The molecule has 4 rings (SSSR count). The van der Waals surface area contributed by atoms with Crippen molar-refractivity contribution in [2.45, 2.75) is 38.5 Å². The largest absolute Gasteiger partial charge is 0.461 e. The highest BCUT2D eigenvalue weighted by atomic mass is 79.9. The summed E-state index contributed by atoms with van der Waals surface area (Å²) in [5, 5.41) is 4.08. The summed E-state index contributed by atoms with van der Waals surface area (Å²) >= 11 is 11.4. The van der Waals surface area contributed by atoms with E-state index < -0.39 is 5.92 Å². The van der Waals surface area contributed by atoms with E-state index >= 15 is 0 Å². The Morgan fingerprint density at radius 2 is 1.91 bits per heavy atom. The molecule has 1 N–H and O–H groups in total. The summed E-state index contributed by atoms with van der Waals surface area (Å²) in [6.07, 6.45) is 1.08. The lowest BCUT2D eigenvalue weighted by Crippen LogP contribution is -2.36. The molecule has 4 nitrogen and oxygen atoms in total. The number of ketones is 1. The number of carbonyl (C=O) groups is 2. The van der Waals surface area contributed by atoms with Crippen LogP contribution < -0.4 is 5.32 Å². The molecule has 2 aromatic carbocycles. The van der Waals surface area contributed by atoms with Gasteiger partial charge in [-0.3, -0.25) is 4.79 Å². The molecule has 178 valence electrons. The first-order chi connectivity index (χ1) is 16.4. The van der Waals surface area contributed by atoms with Crippen molar-refractivity contribution in [1.82, 2.24) is 5.32 Å². The van der Waals surface area contributed by atoms with Gasteiger partial charge in [0.1, 0.15) is 6.61 Å². The van der Waals surface area contributed by atoms with Gasteiger partial charge >= 0.3 is 5.97 Å². The van der Waals surface area contributed by atoms with E-state index in [1.54, 1.807) is 11.8 Å². The van der Waals surface area contributed by atoms with Crippen molar-refractivity contribution in [2.75, 3.05) is 18.1 Å². The van der Waals surface area contributed by atoms with Crippen molar-refractivity contribution in [3.05, 3.63) is 91.7 Å². The Morgan fingerprint density at radius 1 is 1.18 bits per heavy atom. The number of hydrogen-bond donors (Lipinski definition) is 1. The number of thioether (sulfide) groups is 1. The molecule has 2 unspecified atom stereocenters. The van der Waals surface area contributed by atoms with Crippen molar-refractivity contribution in [3.63, 3.8) is 0 Å². The van der Waals surface area contributed by atoms with Gasteiger partial charge in [-0.1, -0.05) is 64.8 Å². The average Bonchev–Trinajstić information content (AvgIpc) is 2.81. The van der Waals surface area contributed by atoms with Gasteiger partial charge in [-0.2, -0.15) is 11.8 Å². The minimum absolute atomic E-state index is 0.0498. The first-order valence-corrected chi connectivity index (χ1v) is 13.7. The fraction of sp³-hybridized carbons (Fsp3) is 0.333. The van der Waals surface area contributed by atoms with Gasteiger partial charge in [0.25, 0.3) is 0 Å². The Kier molecular flexibility index (Phi) is 8.22. The summed E-state index contributed by atoms with van der Waals surface area (Å²) in [5.41, 5.74) is 4.76. The molecular weight excluding hydrogens is 534 g/mol. The lowest BCUT2D eigenvalue weighted by molar-refractivity contribution is -0.138. The summed E-state index contributed by atoms with van der Waals surface area (Å²) in [5.74, 6) is 0.979. The number of dihydropyridines is 1. The number of Topliss-reactive ketones (excluding diaryl/α,β-unsaturated/α-hetero) is 1. The molecular formula is C27H27BrClNO3S. The topological polar surface area (TPSA) is 55.4 Å². The second-order valence-corrected chi connectivity index (χ2v) is 11.1. The Hall–Kier alpha value is -2.02. The van der Waals surface area contributed by atoms with Crippen LogP contribution in [0, 0.1) is 0 Å². The fourth-order valence-electron chi connectivity index (χ4n) is 4.72. The second-order valence-electron chi connectivity index (χ2n) is 8.42. The maximum atomic E-state index is 13.6. The minimum atomic E-state index is -0.475. The highest BCUT2D eigenvalue weighted by Gasteiger charge is 2.42. The van der Waals surface area contributed by atoms with Crippen molar-refractivity contribution >= 4 is 51.0 Å². The van der Waals surface area contributed by atoms with Crippen LogP contribution in [-0.2, 0) is 14.3 Å². The zero-order valence-electron chi connectivity index (χ0n) is 19.2. The van der Waals surface area contributed by atoms with E-state index in [9.17, 15) is 9.59 Å². The number of hydrogen-bond acceptors (Lipinski definition) is 5. The molecule has 1 aliphatic carbocycles. The predicted molar refractivity (Wildman–Crippen MR) is 142 cm³/mol. The van der Waals surface area contributed by atoms with Crippen LogP contribution in [-0.4, -0.2) is 29.9 Å².